The molecular weight excluding hydrogens is 188 g/mol. The van der Waals surface area contributed by atoms with Crippen molar-refractivity contribution in [2.45, 2.75) is 13.2 Å². The quantitative estimate of drug-likeness (QED) is 0.583. The van der Waals surface area contributed by atoms with Crippen molar-refractivity contribution < 1.29 is 23.2 Å². The molecule has 0 aliphatic heterocycles. The van der Waals surface area contributed by atoms with Crippen LogP contribution in [0.2, 0.25) is 0 Å². The van der Waals surface area contributed by atoms with Crippen LogP contribution >= 0.6 is 0 Å². The predicted molar refractivity (Wildman–Crippen MR) is 38.1 cm³/mol. The van der Waals surface area contributed by atoms with Gasteiger partial charge in [-0.25, -0.2) is 0 Å². The topological polar surface area (TPSA) is 58.3 Å². The Bertz CT molecular complexity index is 309. The Morgan fingerprint density at radius 3 is 2.23 bits per heavy atom. The van der Waals surface area contributed by atoms with Crippen LogP contribution in [0.4, 0.5) is 13.2 Å². The summed E-state index contributed by atoms with van der Waals surface area (Å²) in [5, 5.41) is 20.3. The smallest absolute Gasteiger partial charge is 0.423 e. The monoisotopic (exact) mass is 194 g/mol. The van der Waals surface area contributed by atoms with Crippen LogP contribution in [-0.2, 0) is 6.30 Å². The molecule has 1 aromatic heterocycles. The molecule has 0 saturated carbocycles. The third kappa shape index (κ3) is 2.01. The van der Waals surface area contributed by atoms with Crippen molar-refractivity contribution in [2.75, 3.05) is 0 Å². The summed E-state index contributed by atoms with van der Waals surface area (Å²) in [4.78, 5) is 0. The average molecular weight is 194 g/mol. The molecule has 2 N–H and O–H groups in total. The van der Waals surface area contributed by atoms with Gasteiger partial charge >= 0.3 is 13.4 Å². The molecule has 0 aromatic carbocycles. The lowest BCUT2D eigenvalue weighted by atomic mass is 9.81. The molecule has 0 aliphatic carbocycles. The van der Waals surface area contributed by atoms with E-state index in [1.807, 2.05) is 0 Å². The maximum atomic E-state index is 12.0. The third-order valence-electron chi connectivity index (χ3n) is 1.47. The van der Waals surface area contributed by atoms with Gasteiger partial charge in [-0.05, 0) is 6.92 Å². The lowest BCUT2D eigenvalue weighted by molar-refractivity contribution is -0.212. The van der Waals surface area contributed by atoms with Crippen LogP contribution in [0, 0.1) is 6.92 Å². The van der Waals surface area contributed by atoms with E-state index in [2.05, 4.69) is 5.10 Å². The second-order valence-corrected chi connectivity index (χ2v) is 2.46. The molecule has 4 nitrogen and oxygen atoms in total. The maximum Gasteiger partial charge on any atom is 0.504 e. The maximum absolute atomic E-state index is 12.0. The highest BCUT2D eigenvalue weighted by atomic mass is 19.4. The van der Waals surface area contributed by atoms with Crippen molar-refractivity contribution >= 4 is 12.6 Å². The van der Waals surface area contributed by atoms with E-state index < -0.39 is 13.4 Å². The van der Waals surface area contributed by atoms with Crippen LogP contribution in [0.15, 0.2) is 6.20 Å². The summed E-state index contributed by atoms with van der Waals surface area (Å²) >= 11 is 0. The van der Waals surface area contributed by atoms with Crippen molar-refractivity contribution in [3.8, 4) is 0 Å². The summed E-state index contributed by atoms with van der Waals surface area (Å²) in [7, 11) is -1.93. The van der Waals surface area contributed by atoms with Crippen LogP contribution < -0.4 is 5.46 Å². The van der Waals surface area contributed by atoms with Gasteiger partial charge in [0.1, 0.15) is 0 Å². The first kappa shape index (κ1) is 10.1. The summed E-state index contributed by atoms with van der Waals surface area (Å²) in [6, 6.07) is 0. The van der Waals surface area contributed by atoms with Crippen LogP contribution in [-0.4, -0.2) is 26.9 Å². The zero-order valence-corrected chi connectivity index (χ0v) is 6.58. The molecule has 0 amide bonds. The van der Waals surface area contributed by atoms with Crippen molar-refractivity contribution in [3.05, 3.63) is 11.9 Å². The largest absolute Gasteiger partial charge is 0.504 e. The van der Waals surface area contributed by atoms with Gasteiger partial charge in [-0.3, -0.25) is 0 Å². The minimum absolute atomic E-state index is 0.0627. The molecule has 0 radical (unpaired) electrons. The Morgan fingerprint density at radius 2 is 2.00 bits per heavy atom. The number of alkyl halides is 3. The van der Waals surface area contributed by atoms with Crippen LogP contribution in [0.3, 0.4) is 0 Å². The molecule has 8 heteroatoms. The first-order valence-electron chi connectivity index (χ1n) is 3.32. The molecular formula is C5H6BF3N2O2. The van der Waals surface area contributed by atoms with E-state index in [-0.39, 0.29) is 15.8 Å². The van der Waals surface area contributed by atoms with Gasteiger partial charge < -0.3 is 10.0 Å². The van der Waals surface area contributed by atoms with Crippen LogP contribution in [0.5, 0.6) is 0 Å². The molecule has 13 heavy (non-hydrogen) atoms. The number of hydrogen-bond acceptors (Lipinski definition) is 3. The second-order valence-electron chi connectivity index (χ2n) is 2.46. The van der Waals surface area contributed by atoms with Gasteiger partial charge in [0.25, 0.3) is 0 Å². The number of hydrogen-bond donors (Lipinski definition) is 2. The van der Waals surface area contributed by atoms with E-state index in [1.165, 1.54) is 6.92 Å². The first-order chi connectivity index (χ1) is 5.82. The summed E-state index contributed by atoms with van der Waals surface area (Å²) < 4.78 is 35.7. The van der Waals surface area contributed by atoms with Gasteiger partial charge in [0.2, 0.25) is 0 Å². The lowest BCUT2D eigenvalue weighted by Crippen LogP contribution is -2.31. The standard InChI is InChI=1S/C5H6BF3N2O2/c1-3-4(6(12)13)2-11(10-3)5(7,8)9/h2,12-13H,1H3. The molecule has 0 fully saturated rings. The molecule has 1 aromatic rings. The van der Waals surface area contributed by atoms with E-state index in [4.69, 9.17) is 10.0 Å². The van der Waals surface area contributed by atoms with Gasteiger partial charge in [-0.2, -0.15) is 9.78 Å². The highest BCUT2D eigenvalue weighted by Crippen LogP contribution is 2.20. The first-order valence-corrected chi connectivity index (χ1v) is 3.32. The van der Waals surface area contributed by atoms with E-state index >= 15 is 0 Å². The normalized spacial score (nSPS) is 11.8. The minimum atomic E-state index is -4.63. The van der Waals surface area contributed by atoms with E-state index in [1.54, 1.807) is 0 Å². The summed E-state index contributed by atoms with van der Waals surface area (Å²) in [6.07, 6.45) is -4.09. The molecule has 0 spiro atoms. The molecule has 0 bridgehead atoms. The number of aryl methyl sites for hydroxylation is 1. The average Bonchev–Trinajstić information content (AvgIpc) is 2.29. The molecule has 0 atom stereocenters. The third-order valence-corrected chi connectivity index (χ3v) is 1.47. The van der Waals surface area contributed by atoms with E-state index in [0.717, 1.165) is 0 Å². The Kier molecular flexibility index (Phi) is 2.35. The van der Waals surface area contributed by atoms with Crippen molar-refractivity contribution in [2.24, 2.45) is 0 Å². The van der Waals surface area contributed by atoms with E-state index in [9.17, 15) is 13.2 Å². The van der Waals surface area contributed by atoms with Crippen molar-refractivity contribution in [1.29, 1.82) is 0 Å². The summed E-state index contributed by atoms with van der Waals surface area (Å²) in [5.41, 5.74) is -0.315. The van der Waals surface area contributed by atoms with Gasteiger partial charge in [0.15, 0.2) is 0 Å². The fourth-order valence-corrected chi connectivity index (χ4v) is 0.857. The molecule has 72 valence electrons. The summed E-state index contributed by atoms with van der Waals surface area (Å²) in [5.74, 6) is 0. The minimum Gasteiger partial charge on any atom is -0.423 e. The molecule has 1 heterocycles. The zero-order chi connectivity index (χ0) is 10.2. The van der Waals surface area contributed by atoms with Crippen LogP contribution in [0.25, 0.3) is 0 Å². The molecule has 0 saturated heterocycles. The SMILES string of the molecule is Cc1nn(C(F)(F)F)cc1B(O)O. The second kappa shape index (κ2) is 3.04. The van der Waals surface area contributed by atoms with E-state index in [0.29, 0.717) is 6.20 Å². The van der Waals surface area contributed by atoms with Crippen LogP contribution in [0.1, 0.15) is 5.69 Å². The fraction of sp³-hybridized carbons (Fsp3) is 0.400. The van der Waals surface area contributed by atoms with Gasteiger partial charge in [0.05, 0.1) is 5.69 Å². The Hall–Kier alpha value is -1.02. The molecule has 1 rings (SSSR count). The molecule has 0 unspecified atom stereocenters. The predicted octanol–water partition coefficient (Wildman–Crippen LogP) is -0.652. The Balaban J connectivity index is 3.10. The lowest BCUT2D eigenvalue weighted by Gasteiger charge is -2.03. The van der Waals surface area contributed by atoms with Gasteiger partial charge in [0, 0.05) is 11.7 Å². The number of rotatable bonds is 1. The highest BCUT2D eigenvalue weighted by molar-refractivity contribution is 6.59. The van der Waals surface area contributed by atoms with Crippen molar-refractivity contribution in [3.63, 3.8) is 0 Å². The summed E-state index contributed by atoms with van der Waals surface area (Å²) in [6.45, 7) is 1.26. The fourth-order valence-electron chi connectivity index (χ4n) is 0.857. The van der Waals surface area contributed by atoms with Gasteiger partial charge in [-0.15, -0.1) is 13.2 Å². The van der Waals surface area contributed by atoms with Crippen molar-refractivity contribution in [1.82, 2.24) is 9.78 Å². The number of halogens is 3. The zero-order valence-electron chi connectivity index (χ0n) is 6.58. The number of nitrogens with zero attached hydrogens (tertiary/aromatic N) is 2. The highest BCUT2D eigenvalue weighted by Gasteiger charge is 2.33. The molecule has 0 aliphatic rings. The Morgan fingerprint density at radius 1 is 1.46 bits per heavy atom. The number of aromatic nitrogens is 2. The Labute approximate surface area is 71.7 Å². The van der Waals surface area contributed by atoms with Gasteiger partial charge in [-0.1, -0.05) is 0 Å².